The lowest BCUT2D eigenvalue weighted by Gasteiger charge is -2.08. The molecule has 0 aliphatic heterocycles. The number of pyridine rings is 1. The van der Waals surface area contributed by atoms with Gasteiger partial charge in [0.2, 0.25) is 0 Å². The van der Waals surface area contributed by atoms with E-state index < -0.39 is 0 Å². The van der Waals surface area contributed by atoms with E-state index in [2.05, 4.69) is 15.6 Å². The minimum absolute atomic E-state index is 0.218. The molecule has 0 unspecified atom stereocenters. The maximum Gasteiger partial charge on any atom is 0.274 e. The summed E-state index contributed by atoms with van der Waals surface area (Å²) in [7, 11) is 1.68. The summed E-state index contributed by atoms with van der Waals surface area (Å²) in [5.41, 5.74) is 3.17. The Balaban J connectivity index is 1.96. The summed E-state index contributed by atoms with van der Waals surface area (Å²) >= 11 is 0. The van der Waals surface area contributed by atoms with Crippen molar-refractivity contribution in [3.05, 3.63) is 53.9 Å². The summed E-state index contributed by atoms with van der Waals surface area (Å²) in [4.78, 5) is 16.3. The van der Waals surface area contributed by atoms with Crippen molar-refractivity contribution < 1.29 is 9.53 Å². The Morgan fingerprint density at radius 3 is 2.68 bits per heavy atom. The van der Waals surface area contributed by atoms with Crippen LogP contribution in [0.4, 0.5) is 11.4 Å². The molecule has 0 aliphatic rings. The number of ether oxygens (including phenoxy) is 1. The molecule has 0 bridgehead atoms. The predicted octanol–water partition coefficient (Wildman–Crippen LogP) is 3.09. The van der Waals surface area contributed by atoms with Gasteiger partial charge in [0, 0.05) is 37.8 Å². The molecule has 5 heteroatoms. The summed E-state index contributed by atoms with van der Waals surface area (Å²) in [6, 6.07) is 11.2. The zero-order valence-electron chi connectivity index (χ0n) is 12.9. The molecule has 0 fully saturated rings. The fourth-order valence-corrected chi connectivity index (χ4v) is 1.95. The first kappa shape index (κ1) is 16.0. The minimum Gasteiger partial charge on any atom is -0.385 e. The second-order valence-corrected chi connectivity index (χ2v) is 5.02. The highest BCUT2D eigenvalue weighted by Gasteiger charge is 2.08. The fraction of sp³-hybridized carbons (Fsp3) is 0.294. The van der Waals surface area contributed by atoms with E-state index >= 15 is 0 Å². The van der Waals surface area contributed by atoms with E-state index in [-0.39, 0.29) is 5.91 Å². The van der Waals surface area contributed by atoms with Gasteiger partial charge in [-0.2, -0.15) is 0 Å². The second-order valence-electron chi connectivity index (χ2n) is 5.02. The Morgan fingerprint density at radius 1 is 1.18 bits per heavy atom. The molecule has 1 amide bonds. The number of carbonyl (C=O) groups is 1. The highest BCUT2D eigenvalue weighted by atomic mass is 16.5. The highest BCUT2D eigenvalue weighted by Crippen LogP contribution is 2.12. The van der Waals surface area contributed by atoms with Crippen LogP contribution in [0.5, 0.6) is 0 Å². The monoisotopic (exact) mass is 299 g/mol. The van der Waals surface area contributed by atoms with Crippen LogP contribution in [0.15, 0.2) is 42.6 Å². The van der Waals surface area contributed by atoms with Crippen molar-refractivity contribution in [1.29, 1.82) is 0 Å². The number of amides is 1. The van der Waals surface area contributed by atoms with Crippen LogP contribution < -0.4 is 10.6 Å². The van der Waals surface area contributed by atoms with E-state index in [1.165, 1.54) is 0 Å². The molecule has 1 heterocycles. The molecule has 0 aliphatic carbocycles. The van der Waals surface area contributed by atoms with E-state index in [4.69, 9.17) is 4.74 Å². The van der Waals surface area contributed by atoms with Gasteiger partial charge >= 0.3 is 0 Å². The molecule has 1 aromatic carbocycles. The molecule has 116 valence electrons. The largest absolute Gasteiger partial charge is 0.385 e. The average molecular weight is 299 g/mol. The maximum absolute atomic E-state index is 12.2. The number of aryl methyl sites for hydroxylation is 1. The van der Waals surface area contributed by atoms with Gasteiger partial charge in [-0.15, -0.1) is 0 Å². The highest BCUT2D eigenvalue weighted by molar-refractivity contribution is 6.03. The van der Waals surface area contributed by atoms with Crippen molar-refractivity contribution in [2.75, 3.05) is 30.9 Å². The van der Waals surface area contributed by atoms with Gasteiger partial charge in [-0.1, -0.05) is 17.7 Å². The van der Waals surface area contributed by atoms with Crippen molar-refractivity contribution in [1.82, 2.24) is 4.98 Å². The van der Waals surface area contributed by atoms with Gasteiger partial charge in [0.15, 0.2) is 0 Å². The number of methoxy groups -OCH3 is 1. The Labute approximate surface area is 130 Å². The van der Waals surface area contributed by atoms with Crippen LogP contribution in [0, 0.1) is 6.92 Å². The third-order valence-electron chi connectivity index (χ3n) is 3.16. The van der Waals surface area contributed by atoms with Gasteiger partial charge in [-0.05, 0) is 37.6 Å². The summed E-state index contributed by atoms with van der Waals surface area (Å²) in [6.45, 7) is 3.50. The van der Waals surface area contributed by atoms with Gasteiger partial charge < -0.3 is 15.4 Å². The van der Waals surface area contributed by atoms with Crippen LogP contribution in [0.3, 0.4) is 0 Å². The first-order chi connectivity index (χ1) is 10.7. The summed E-state index contributed by atoms with van der Waals surface area (Å²) in [5, 5.41) is 6.09. The number of carbonyl (C=O) groups excluding carboxylic acids is 1. The lowest BCUT2D eigenvalue weighted by atomic mass is 10.2. The lowest BCUT2D eigenvalue weighted by Crippen LogP contribution is -2.14. The quantitative estimate of drug-likeness (QED) is 0.771. The number of nitrogens with one attached hydrogen (secondary N) is 2. The van der Waals surface area contributed by atoms with Crippen LogP contribution >= 0.6 is 0 Å². The number of benzene rings is 1. The minimum atomic E-state index is -0.218. The van der Waals surface area contributed by atoms with Crippen LogP contribution in [0.1, 0.15) is 22.5 Å². The summed E-state index contributed by atoms with van der Waals surface area (Å²) in [5.74, 6) is -0.218. The topological polar surface area (TPSA) is 63.2 Å². The standard InChI is InChI=1S/C17H21N3O2/c1-13-4-6-14(7-5-13)20-17(21)16-12-15(8-10-19-16)18-9-3-11-22-2/h4-8,10,12H,3,9,11H2,1-2H3,(H,18,19)(H,20,21). The van der Waals surface area contributed by atoms with Gasteiger partial charge in [0.1, 0.15) is 5.69 Å². The Bertz CT molecular complexity index is 612. The molecule has 0 atom stereocenters. The molecule has 0 saturated heterocycles. The van der Waals surface area contributed by atoms with Gasteiger partial charge in [-0.3, -0.25) is 9.78 Å². The van der Waals surface area contributed by atoms with E-state index in [9.17, 15) is 4.79 Å². The molecule has 5 nitrogen and oxygen atoms in total. The van der Waals surface area contributed by atoms with E-state index in [0.717, 1.165) is 29.9 Å². The molecule has 2 rings (SSSR count). The average Bonchev–Trinajstić information content (AvgIpc) is 2.54. The van der Waals surface area contributed by atoms with Gasteiger partial charge in [0.25, 0.3) is 5.91 Å². The van der Waals surface area contributed by atoms with Crippen LogP contribution in [-0.4, -0.2) is 31.2 Å². The van der Waals surface area contributed by atoms with Crippen LogP contribution in [0.2, 0.25) is 0 Å². The van der Waals surface area contributed by atoms with Crippen molar-refractivity contribution in [2.45, 2.75) is 13.3 Å². The molecule has 0 saturated carbocycles. The van der Waals surface area contributed by atoms with Crippen molar-refractivity contribution in [3.8, 4) is 0 Å². The number of hydrogen-bond donors (Lipinski definition) is 2. The Kier molecular flexibility index (Phi) is 5.91. The van der Waals surface area contributed by atoms with Crippen molar-refractivity contribution in [3.63, 3.8) is 0 Å². The molecule has 22 heavy (non-hydrogen) atoms. The molecule has 0 spiro atoms. The number of hydrogen-bond acceptors (Lipinski definition) is 4. The lowest BCUT2D eigenvalue weighted by molar-refractivity contribution is 0.102. The smallest absolute Gasteiger partial charge is 0.274 e. The van der Waals surface area contributed by atoms with Crippen LogP contribution in [-0.2, 0) is 4.74 Å². The van der Waals surface area contributed by atoms with E-state index in [0.29, 0.717) is 12.3 Å². The SMILES string of the molecule is COCCCNc1ccnc(C(=O)Nc2ccc(C)cc2)c1. The summed E-state index contributed by atoms with van der Waals surface area (Å²) < 4.78 is 5.00. The van der Waals surface area contributed by atoms with Crippen molar-refractivity contribution in [2.24, 2.45) is 0 Å². The Morgan fingerprint density at radius 2 is 1.95 bits per heavy atom. The number of rotatable bonds is 7. The van der Waals surface area contributed by atoms with Gasteiger partial charge in [0.05, 0.1) is 0 Å². The zero-order valence-corrected chi connectivity index (χ0v) is 12.9. The zero-order chi connectivity index (χ0) is 15.8. The molecule has 2 N–H and O–H groups in total. The fourth-order valence-electron chi connectivity index (χ4n) is 1.95. The molecular formula is C17H21N3O2. The third kappa shape index (κ3) is 4.86. The first-order valence-corrected chi connectivity index (χ1v) is 7.26. The van der Waals surface area contributed by atoms with Crippen molar-refractivity contribution >= 4 is 17.3 Å². The van der Waals surface area contributed by atoms with Gasteiger partial charge in [-0.25, -0.2) is 0 Å². The maximum atomic E-state index is 12.2. The Hall–Kier alpha value is -2.40. The summed E-state index contributed by atoms with van der Waals surface area (Å²) in [6.07, 6.45) is 2.53. The molecule has 2 aromatic rings. The second kappa shape index (κ2) is 8.14. The predicted molar refractivity (Wildman–Crippen MR) is 88.4 cm³/mol. The first-order valence-electron chi connectivity index (χ1n) is 7.26. The normalized spacial score (nSPS) is 10.3. The van der Waals surface area contributed by atoms with E-state index in [1.54, 1.807) is 19.4 Å². The number of aromatic nitrogens is 1. The molecular weight excluding hydrogens is 278 g/mol. The van der Waals surface area contributed by atoms with E-state index in [1.807, 2.05) is 37.3 Å². The van der Waals surface area contributed by atoms with Crippen LogP contribution in [0.25, 0.3) is 0 Å². The molecule has 1 aromatic heterocycles. The third-order valence-corrected chi connectivity index (χ3v) is 3.16. The number of nitrogens with zero attached hydrogens (tertiary/aromatic N) is 1. The number of anilines is 2. The molecule has 0 radical (unpaired) electrons.